The molecule has 0 saturated carbocycles. The van der Waals surface area contributed by atoms with Crippen molar-refractivity contribution in [2.45, 2.75) is 17.8 Å². The molecule has 3 heteroatoms. The zero-order valence-electron chi connectivity index (χ0n) is 27.9. The van der Waals surface area contributed by atoms with Crippen molar-refractivity contribution < 1.29 is 9.15 Å². The molecule has 0 bridgehead atoms. The molecule has 7 aromatic carbocycles. The second kappa shape index (κ2) is 9.47. The zero-order chi connectivity index (χ0) is 33.5. The monoisotopic (exact) mass is 653 g/mol. The van der Waals surface area contributed by atoms with E-state index in [1.165, 1.54) is 49.3 Å². The summed E-state index contributed by atoms with van der Waals surface area (Å²) in [5.74, 6) is 1.99. The first-order valence-electron chi connectivity index (χ1n) is 17.8. The summed E-state index contributed by atoms with van der Waals surface area (Å²) in [5.41, 5.74) is 9.74. The van der Waals surface area contributed by atoms with Crippen LogP contribution in [0.2, 0.25) is 0 Å². The summed E-state index contributed by atoms with van der Waals surface area (Å²) < 4.78 is 15.7. The predicted octanol–water partition coefficient (Wildman–Crippen LogP) is 12.3. The molecule has 9 aromatic rings. The number of furan rings is 1. The van der Waals surface area contributed by atoms with Crippen molar-refractivity contribution in [3.05, 3.63) is 186 Å². The van der Waals surface area contributed by atoms with Gasteiger partial charge >= 0.3 is 0 Å². The van der Waals surface area contributed by atoms with Gasteiger partial charge in [-0.1, -0.05) is 122 Å². The van der Waals surface area contributed by atoms with Crippen molar-refractivity contribution in [1.82, 2.24) is 4.57 Å². The molecule has 1 spiro atoms. The topological polar surface area (TPSA) is 27.3 Å². The SMILES string of the molecule is CC12C=CC=CC1C1(c3ccccc3Oc3cc4c(cc31)c1c3ccccc3ccc1n4-c1ccc3oc4ccccc4c3c1)c1ccccc12. The van der Waals surface area contributed by atoms with Gasteiger partial charge in [0.25, 0.3) is 0 Å². The molecule has 3 atom stereocenters. The summed E-state index contributed by atoms with van der Waals surface area (Å²) in [6, 6.07) is 50.8. The van der Waals surface area contributed by atoms with Gasteiger partial charge in [-0.05, 0) is 64.4 Å². The van der Waals surface area contributed by atoms with E-state index in [1.54, 1.807) is 0 Å². The van der Waals surface area contributed by atoms with Crippen molar-refractivity contribution in [2.75, 3.05) is 0 Å². The molecular weight excluding hydrogens is 623 g/mol. The number of hydrogen-bond donors (Lipinski definition) is 0. The highest BCUT2D eigenvalue weighted by atomic mass is 16.5. The summed E-state index contributed by atoms with van der Waals surface area (Å²) in [6.07, 6.45) is 9.32. The Morgan fingerprint density at radius 2 is 1.31 bits per heavy atom. The largest absolute Gasteiger partial charge is 0.457 e. The molecule has 240 valence electrons. The van der Waals surface area contributed by atoms with Crippen LogP contribution in [0.4, 0.5) is 0 Å². The number of ether oxygens (including phenoxy) is 1. The molecule has 0 amide bonds. The fraction of sp³-hybridized carbons (Fsp3) is 0.0833. The van der Waals surface area contributed by atoms with Crippen molar-refractivity contribution in [3.8, 4) is 17.2 Å². The van der Waals surface area contributed by atoms with Crippen LogP contribution in [0.15, 0.2) is 168 Å². The Bertz CT molecular complexity index is 3050. The van der Waals surface area contributed by atoms with E-state index in [9.17, 15) is 0 Å². The van der Waals surface area contributed by atoms with Gasteiger partial charge in [0.1, 0.15) is 22.7 Å². The van der Waals surface area contributed by atoms with E-state index >= 15 is 0 Å². The van der Waals surface area contributed by atoms with E-state index in [-0.39, 0.29) is 11.3 Å². The molecule has 51 heavy (non-hydrogen) atoms. The van der Waals surface area contributed by atoms with Crippen LogP contribution in [0.25, 0.3) is 60.2 Å². The molecule has 0 radical (unpaired) electrons. The fourth-order valence-corrected chi connectivity index (χ4v) is 10.2. The number of aromatic nitrogens is 1. The highest BCUT2D eigenvalue weighted by Gasteiger charge is 2.61. The zero-order valence-corrected chi connectivity index (χ0v) is 27.9. The van der Waals surface area contributed by atoms with Crippen LogP contribution >= 0.6 is 0 Å². The molecular formula is C48H31NO2. The van der Waals surface area contributed by atoms with Gasteiger partial charge in [-0.3, -0.25) is 0 Å². The molecule has 3 nitrogen and oxygen atoms in total. The Labute approximate surface area is 294 Å². The third kappa shape index (κ3) is 3.30. The lowest BCUT2D eigenvalue weighted by atomic mass is 9.59. The number of benzene rings is 7. The smallest absolute Gasteiger partial charge is 0.135 e. The van der Waals surface area contributed by atoms with Crippen LogP contribution < -0.4 is 4.74 Å². The van der Waals surface area contributed by atoms with E-state index in [1.807, 2.05) is 12.1 Å². The number of hydrogen-bond acceptors (Lipinski definition) is 2. The molecule has 2 aliphatic carbocycles. The Hall–Kier alpha value is -6.32. The second-order valence-corrected chi connectivity index (χ2v) is 14.6. The maximum absolute atomic E-state index is 7.02. The molecule has 12 rings (SSSR count). The normalized spacial score (nSPS) is 21.4. The summed E-state index contributed by atoms with van der Waals surface area (Å²) in [7, 11) is 0. The van der Waals surface area contributed by atoms with Crippen molar-refractivity contribution in [2.24, 2.45) is 5.92 Å². The maximum atomic E-state index is 7.02. The van der Waals surface area contributed by atoms with Crippen molar-refractivity contribution in [1.29, 1.82) is 0 Å². The van der Waals surface area contributed by atoms with E-state index < -0.39 is 5.41 Å². The van der Waals surface area contributed by atoms with Gasteiger partial charge in [-0.2, -0.15) is 0 Å². The predicted molar refractivity (Wildman–Crippen MR) is 208 cm³/mol. The third-order valence-corrected chi connectivity index (χ3v) is 12.2. The Kier molecular flexibility index (Phi) is 5.10. The summed E-state index contributed by atoms with van der Waals surface area (Å²) in [6.45, 7) is 2.41. The molecule has 0 saturated heterocycles. The summed E-state index contributed by atoms with van der Waals surface area (Å²) in [5, 5.41) is 7.19. The number of allylic oxidation sites excluding steroid dienone is 4. The van der Waals surface area contributed by atoms with Gasteiger partial charge in [-0.15, -0.1) is 0 Å². The average Bonchev–Trinajstić information content (AvgIpc) is 3.79. The summed E-state index contributed by atoms with van der Waals surface area (Å²) in [4.78, 5) is 0. The average molecular weight is 654 g/mol. The van der Waals surface area contributed by atoms with Crippen LogP contribution in [0.5, 0.6) is 11.5 Å². The highest BCUT2D eigenvalue weighted by molar-refractivity contribution is 6.22. The Balaban J connectivity index is 1.24. The highest BCUT2D eigenvalue weighted by Crippen LogP contribution is 2.66. The molecule has 3 unspecified atom stereocenters. The fourth-order valence-electron chi connectivity index (χ4n) is 10.2. The molecule has 2 aromatic heterocycles. The van der Waals surface area contributed by atoms with E-state index in [0.29, 0.717) is 0 Å². The molecule has 0 fully saturated rings. The van der Waals surface area contributed by atoms with Gasteiger partial charge in [0.2, 0.25) is 0 Å². The van der Waals surface area contributed by atoms with Crippen molar-refractivity contribution >= 4 is 54.5 Å². The van der Waals surface area contributed by atoms with Crippen LogP contribution in [-0.4, -0.2) is 4.57 Å². The first kappa shape index (κ1) is 27.5. The van der Waals surface area contributed by atoms with Crippen LogP contribution in [0.1, 0.15) is 29.2 Å². The van der Waals surface area contributed by atoms with Gasteiger partial charge in [0, 0.05) is 55.8 Å². The second-order valence-electron chi connectivity index (χ2n) is 14.6. The number of fused-ring (bicyclic) bond motifs is 17. The maximum Gasteiger partial charge on any atom is 0.135 e. The number of nitrogens with zero attached hydrogens (tertiary/aromatic N) is 1. The minimum absolute atomic E-state index is 0.163. The Morgan fingerprint density at radius 3 is 2.24 bits per heavy atom. The lowest BCUT2D eigenvalue weighted by molar-refractivity contribution is 0.330. The molecule has 3 aliphatic rings. The molecule has 1 aliphatic heterocycles. The van der Waals surface area contributed by atoms with E-state index in [2.05, 4.69) is 163 Å². The lowest BCUT2D eigenvalue weighted by Crippen LogP contribution is -2.41. The third-order valence-electron chi connectivity index (χ3n) is 12.2. The van der Waals surface area contributed by atoms with Gasteiger partial charge in [-0.25, -0.2) is 0 Å². The van der Waals surface area contributed by atoms with Crippen LogP contribution in [-0.2, 0) is 10.8 Å². The molecule has 0 N–H and O–H groups in total. The van der Waals surface area contributed by atoms with Gasteiger partial charge in [0.05, 0.1) is 16.4 Å². The Morgan fingerprint density at radius 1 is 0.549 bits per heavy atom. The van der Waals surface area contributed by atoms with Gasteiger partial charge in [0.15, 0.2) is 0 Å². The van der Waals surface area contributed by atoms with Crippen LogP contribution in [0.3, 0.4) is 0 Å². The molecule has 3 heterocycles. The van der Waals surface area contributed by atoms with E-state index in [4.69, 9.17) is 9.15 Å². The minimum atomic E-state index is -0.446. The number of rotatable bonds is 1. The standard InChI is InChI=1S/C48H31NO2/c1-47-25-11-10-20-45(47)48(36-16-6-5-15-35(36)47)37-17-7-9-19-43(37)51-44-28-40-34(27-38(44)48)46-31-13-3-2-12-29(31)21-23-39(46)49(40)30-22-24-42-33(26-30)32-14-4-8-18-41(32)50-42/h2-28,45H,1H3. The van der Waals surface area contributed by atoms with Crippen molar-refractivity contribution in [3.63, 3.8) is 0 Å². The summed E-state index contributed by atoms with van der Waals surface area (Å²) >= 11 is 0. The lowest BCUT2D eigenvalue weighted by Gasteiger charge is -2.45. The van der Waals surface area contributed by atoms with E-state index in [0.717, 1.165) is 44.6 Å². The quantitative estimate of drug-likeness (QED) is 0.176. The van der Waals surface area contributed by atoms with Crippen LogP contribution in [0, 0.1) is 5.92 Å². The number of para-hydroxylation sites is 2. The minimum Gasteiger partial charge on any atom is -0.457 e. The first-order valence-corrected chi connectivity index (χ1v) is 17.8. The first-order chi connectivity index (χ1) is 25.1. The van der Waals surface area contributed by atoms with Gasteiger partial charge < -0.3 is 13.7 Å².